The molecule has 0 spiro atoms. The Morgan fingerprint density at radius 1 is 1.32 bits per heavy atom. The zero-order valence-corrected chi connectivity index (χ0v) is 18.1. The van der Waals surface area contributed by atoms with Crippen LogP contribution in [0.3, 0.4) is 0 Å². The fourth-order valence-electron chi connectivity index (χ4n) is 2.41. The highest BCUT2D eigenvalue weighted by atomic mass is 32.2. The molecule has 1 rings (SSSR count). The molecule has 0 heterocycles. The van der Waals surface area contributed by atoms with Crippen LogP contribution in [0.25, 0.3) is 0 Å². The van der Waals surface area contributed by atoms with E-state index in [4.69, 9.17) is 9.16 Å². The van der Waals surface area contributed by atoms with Crippen LogP contribution in [0, 0.1) is 0 Å². The van der Waals surface area contributed by atoms with Crippen LogP contribution in [0.15, 0.2) is 0 Å². The molecule has 8 heteroatoms. The predicted octanol–water partition coefficient (Wildman–Crippen LogP) is 2.52. The Bertz CT molecular complexity index is 518. The molecular weight excluding hydrogens is 358 g/mol. The summed E-state index contributed by atoms with van der Waals surface area (Å²) in [6, 6.07) is -0.711. The zero-order valence-electron chi connectivity index (χ0n) is 16.3. The molecule has 0 unspecified atom stereocenters. The van der Waals surface area contributed by atoms with Gasteiger partial charge < -0.3 is 14.5 Å². The predicted molar refractivity (Wildman–Crippen MR) is 102 cm³/mol. The summed E-state index contributed by atoms with van der Waals surface area (Å²) >= 11 is 1.50. The second kappa shape index (κ2) is 8.68. The molecule has 1 aliphatic rings. The van der Waals surface area contributed by atoms with Crippen molar-refractivity contribution < 1.29 is 23.5 Å². The molecule has 0 bridgehead atoms. The molecule has 25 heavy (non-hydrogen) atoms. The van der Waals surface area contributed by atoms with Crippen molar-refractivity contribution in [2.24, 2.45) is 0 Å². The van der Waals surface area contributed by atoms with E-state index >= 15 is 0 Å². The first-order chi connectivity index (χ1) is 11.4. The molecule has 1 saturated carbocycles. The Balaban J connectivity index is 2.76. The van der Waals surface area contributed by atoms with Crippen LogP contribution < -0.4 is 5.32 Å². The summed E-state index contributed by atoms with van der Waals surface area (Å²) < 4.78 is 11.2. The van der Waals surface area contributed by atoms with E-state index < -0.39 is 20.3 Å². The molecule has 0 aromatic carbocycles. The van der Waals surface area contributed by atoms with E-state index in [0.717, 1.165) is 0 Å². The van der Waals surface area contributed by atoms with Crippen molar-refractivity contribution in [1.82, 2.24) is 5.32 Å². The van der Waals surface area contributed by atoms with E-state index in [1.165, 1.54) is 25.8 Å². The van der Waals surface area contributed by atoms with Crippen LogP contribution >= 0.6 is 11.8 Å². The second-order valence-corrected chi connectivity index (χ2v) is 14.0. The lowest BCUT2D eigenvalue weighted by molar-refractivity contribution is -0.144. The minimum absolute atomic E-state index is 0.00235. The summed E-state index contributed by atoms with van der Waals surface area (Å²) in [4.78, 5) is 35.1. The average molecular weight is 390 g/mol. The van der Waals surface area contributed by atoms with Gasteiger partial charge in [-0.2, -0.15) is 11.8 Å². The molecule has 0 aliphatic heterocycles. The van der Waals surface area contributed by atoms with Crippen LogP contribution in [-0.2, 0) is 23.5 Å². The van der Waals surface area contributed by atoms with Crippen molar-refractivity contribution in [1.29, 1.82) is 0 Å². The third kappa shape index (κ3) is 6.42. The van der Waals surface area contributed by atoms with Crippen LogP contribution in [0.2, 0.25) is 18.1 Å². The Hall–Kier alpha value is -0.863. The molecule has 0 aromatic rings. The van der Waals surface area contributed by atoms with E-state index in [2.05, 4.69) is 39.2 Å². The van der Waals surface area contributed by atoms with Gasteiger partial charge in [-0.05, 0) is 18.1 Å². The summed E-state index contributed by atoms with van der Waals surface area (Å²) in [7, 11) is -0.683. The number of Topliss-reactive ketones (excluding diaryl/α,β-unsaturated/α-hetero) is 1. The normalized spacial score (nSPS) is 22.6. The Morgan fingerprint density at radius 3 is 2.40 bits per heavy atom. The summed E-state index contributed by atoms with van der Waals surface area (Å²) in [6.07, 6.45) is 0.736. The van der Waals surface area contributed by atoms with E-state index in [9.17, 15) is 14.4 Å². The third-order valence-electron chi connectivity index (χ3n) is 4.86. The van der Waals surface area contributed by atoms with Gasteiger partial charge in [0.15, 0.2) is 8.32 Å². The summed E-state index contributed by atoms with van der Waals surface area (Å²) in [5, 5.41) is 2.67. The Labute approximate surface area is 155 Å². The number of ketones is 1. The van der Waals surface area contributed by atoms with Crippen LogP contribution in [0.1, 0.15) is 40.5 Å². The number of rotatable bonds is 7. The maximum absolute atomic E-state index is 12.0. The monoisotopic (exact) mass is 389 g/mol. The van der Waals surface area contributed by atoms with Crippen molar-refractivity contribution in [2.75, 3.05) is 12.9 Å². The Morgan fingerprint density at radius 2 is 1.92 bits per heavy atom. The maximum Gasteiger partial charge on any atom is 0.329 e. The number of methoxy groups -OCH3 is 1. The highest BCUT2D eigenvalue weighted by Gasteiger charge is 2.44. The van der Waals surface area contributed by atoms with Gasteiger partial charge in [-0.1, -0.05) is 20.8 Å². The molecule has 0 radical (unpaired) electrons. The van der Waals surface area contributed by atoms with Crippen molar-refractivity contribution >= 4 is 37.7 Å². The first kappa shape index (κ1) is 22.2. The number of esters is 1. The molecule has 3 atom stereocenters. The summed E-state index contributed by atoms with van der Waals surface area (Å²) in [5.41, 5.74) is 0. The van der Waals surface area contributed by atoms with Gasteiger partial charge in [-0.3, -0.25) is 9.59 Å². The van der Waals surface area contributed by atoms with E-state index in [1.807, 2.05) is 0 Å². The molecule has 1 fully saturated rings. The lowest BCUT2D eigenvalue weighted by Gasteiger charge is -2.39. The smallest absolute Gasteiger partial charge is 0.329 e. The van der Waals surface area contributed by atoms with Crippen molar-refractivity contribution in [3.63, 3.8) is 0 Å². The van der Waals surface area contributed by atoms with Crippen LogP contribution in [-0.4, -0.2) is 56.2 Å². The van der Waals surface area contributed by atoms with Gasteiger partial charge in [0.05, 0.1) is 13.2 Å². The number of ether oxygens (including phenoxy) is 1. The van der Waals surface area contributed by atoms with Crippen molar-refractivity contribution in [2.45, 2.75) is 76.1 Å². The number of thioether (sulfide) groups is 1. The standard InChI is InChI=1S/C17H31NO5SSi/c1-11(19)18-13(16(21)22-5)10-24-15-9-12(20)8-14(15)23-25(6,7)17(2,3)4/h13-15H,8-10H2,1-7H3,(H,18,19)/t13-,14+,15-/m0/s1. The SMILES string of the molecule is COC(=O)[C@H](CS[C@H]1CC(=O)C[C@H]1O[Si](C)(C)C(C)(C)C)NC(C)=O. The van der Waals surface area contributed by atoms with E-state index in [-0.39, 0.29) is 28.1 Å². The minimum atomic E-state index is -1.98. The quantitative estimate of drug-likeness (QED) is 0.532. The van der Waals surface area contributed by atoms with E-state index in [1.54, 1.807) is 0 Å². The van der Waals surface area contributed by atoms with E-state index in [0.29, 0.717) is 18.6 Å². The maximum atomic E-state index is 12.0. The largest absolute Gasteiger partial charge is 0.467 e. The average Bonchev–Trinajstić information content (AvgIpc) is 2.80. The molecule has 1 N–H and O–H groups in total. The topological polar surface area (TPSA) is 81.7 Å². The molecule has 1 amide bonds. The lowest BCUT2D eigenvalue weighted by atomic mass is 10.2. The van der Waals surface area contributed by atoms with Gasteiger partial charge in [-0.15, -0.1) is 0 Å². The van der Waals surface area contributed by atoms with Gasteiger partial charge in [0.1, 0.15) is 11.8 Å². The highest BCUT2D eigenvalue weighted by Crippen LogP contribution is 2.41. The van der Waals surface area contributed by atoms with Crippen molar-refractivity contribution in [3.8, 4) is 0 Å². The van der Waals surface area contributed by atoms with Crippen molar-refractivity contribution in [3.05, 3.63) is 0 Å². The minimum Gasteiger partial charge on any atom is -0.467 e. The first-order valence-electron chi connectivity index (χ1n) is 8.53. The Kier molecular flexibility index (Phi) is 7.70. The third-order valence-corrected chi connectivity index (χ3v) is 10.8. The number of hydrogen-bond donors (Lipinski definition) is 1. The number of nitrogens with one attached hydrogen (secondary N) is 1. The molecule has 6 nitrogen and oxygen atoms in total. The second-order valence-electron chi connectivity index (χ2n) is 8.01. The molecule has 0 saturated heterocycles. The molecule has 1 aliphatic carbocycles. The first-order valence-corrected chi connectivity index (χ1v) is 12.5. The number of carbonyl (C=O) groups is 3. The van der Waals surface area contributed by atoms with Crippen LogP contribution in [0.4, 0.5) is 0 Å². The van der Waals surface area contributed by atoms with Gasteiger partial charge >= 0.3 is 5.97 Å². The van der Waals surface area contributed by atoms with Gasteiger partial charge in [0.2, 0.25) is 5.91 Å². The fraction of sp³-hybridized carbons (Fsp3) is 0.824. The van der Waals surface area contributed by atoms with Crippen LogP contribution in [0.5, 0.6) is 0 Å². The lowest BCUT2D eigenvalue weighted by Crippen LogP contribution is -2.46. The summed E-state index contributed by atoms with van der Waals surface area (Å²) in [6.45, 7) is 12.2. The number of amides is 1. The number of carbonyl (C=O) groups excluding carboxylic acids is 3. The van der Waals surface area contributed by atoms with Gasteiger partial charge in [0, 0.05) is 30.8 Å². The highest BCUT2D eigenvalue weighted by molar-refractivity contribution is 8.00. The zero-order chi connectivity index (χ0) is 19.4. The molecule has 0 aromatic heterocycles. The van der Waals surface area contributed by atoms with Gasteiger partial charge in [-0.25, -0.2) is 4.79 Å². The molecular formula is C17H31NO5SSi. The van der Waals surface area contributed by atoms with Gasteiger partial charge in [0.25, 0.3) is 0 Å². The number of hydrogen-bond acceptors (Lipinski definition) is 6. The molecule has 144 valence electrons. The fourth-order valence-corrected chi connectivity index (χ4v) is 5.20. The summed E-state index contributed by atoms with van der Waals surface area (Å²) in [5.74, 6) is -0.210.